The molecule has 0 aromatic heterocycles. The Balaban J connectivity index is 2.12. The van der Waals surface area contributed by atoms with E-state index >= 15 is 0 Å². The van der Waals surface area contributed by atoms with Gasteiger partial charge in [0.15, 0.2) is 0 Å². The topological polar surface area (TPSA) is 29.5 Å². The maximum Gasteiger partial charge on any atom is 0.0782 e. The van der Waals surface area contributed by atoms with E-state index in [9.17, 15) is 5.11 Å². The van der Waals surface area contributed by atoms with Crippen molar-refractivity contribution >= 4 is 0 Å². The normalized spacial score (nSPS) is 11.6. The van der Waals surface area contributed by atoms with Crippen molar-refractivity contribution in [2.24, 2.45) is 0 Å². The molecule has 2 heteroatoms. The summed E-state index contributed by atoms with van der Waals surface area (Å²) >= 11 is 0. The Hall–Kier alpha value is -1.30. The Kier molecular flexibility index (Phi) is 6.32. The van der Waals surface area contributed by atoms with Crippen LogP contribution in [0, 0.1) is 11.8 Å². The monoisotopic (exact) mass is 218 g/mol. The van der Waals surface area contributed by atoms with Crippen LogP contribution >= 0.6 is 0 Å². The first-order valence-electron chi connectivity index (χ1n) is 5.52. The van der Waals surface area contributed by atoms with E-state index in [1.807, 2.05) is 30.3 Å². The smallest absolute Gasteiger partial charge is 0.0782 e. The fourth-order valence-electron chi connectivity index (χ4n) is 1.33. The molecule has 0 amide bonds. The zero-order valence-electron chi connectivity index (χ0n) is 9.65. The molecule has 0 spiro atoms. The van der Waals surface area contributed by atoms with E-state index in [1.165, 1.54) is 0 Å². The van der Waals surface area contributed by atoms with Gasteiger partial charge in [0.05, 0.1) is 19.3 Å². The third kappa shape index (κ3) is 5.55. The Morgan fingerprint density at radius 3 is 2.75 bits per heavy atom. The predicted octanol–water partition coefficient (Wildman–Crippen LogP) is 2.37. The van der Waals surface area contributed by atoms with Crippen molar-refractivity contribution in [3.63, 3.8) is 0 Å². The molecule has 0 fully saturated rings. The molecule has 0 aliphatic carbocycles. The third-order valence-electron chi connectivity index (χ3n) is 2.20. The van der Waals surface area contributed by atoms with Gasteiger partial charge >= 0.3 is 0 Å². The molecular weight excluding hydrogens is 200 g/mol. The van der Waals surface area contributed by atoms with Gasteiger partial charge in [0, 0.05) is 6.42 Å². The van der Waals surface area contributed by atoms with E-state index in [2.05, 4.69) is 11.8 Å². The molecule has 0 saturated carbocycles. The zero-order valence-corrected chi connectivity index (χ0v) is 9.65. The van der Waals surface area contributed by atoms with Crippen LogP contribution in [0.5, 0.6) is 0 Å². The van der Waals surface area contributed by atoms with E-state index in [0.29, 0.717) is 19.6 Å². The minimum atomic E-state index is -0.412. The lowest BCUT2D eigenvalue weighted by molar-refractivity contribution is 0.0253. The van der Waals surface area contributed by atoms with Crippen LogP contribution in [0.25, 0.3) is 0 Å². The molecule has 1 atom stereocenters. The number of hydrogen-bond donors (Lipinski definition) is 1. The molecule has 16 heavy (non-hydrogen) atoms. The summed E-state index contributed by atoms with van der Waals surface area (Å²) in [5.41, 5.74) is 1.13. The lowest BCUT2D eigenvalue weighted by Crippen LogP contribution is -2.14. The summed E-state index contributed by atoms with van der Waals surface area (Å²) in [4.78, 5) is 0. The second-order valence-corrected chi connectivity index (χ2v) is 3.62. The Bertz CT molecular complexity index is 335. The fraction of sp³-hybridized carbons (Fsp3) is 0.429. The molecule has 0 aliphatic rings. The Labute approximate surface area is 97.3 Å². The van der Waals surface area contributed by atoms with Gasteiger partial charge in [-0.25, -0.2) is 0 Å². The number of benzene rings is 1. The molecule has 0 aliphatic heterocycles. The lowest BCUT2D eigenvalue weighted by atomic mass is 10.2. The van der Waals surface area contributed by atoms with Gasteiger partial charge in [-0.1, -0.05) is 30.3 Å². The van der Waals surface area contributed by atoms with E-state index in [1.54, 1.807) is 6.92 Å². The molecule has 0 heterocycles. The fourth-order valence-corrected chi connectivity index (χ4v) is 1.33. The van der Waals surface area contributed by atoms with Crippen molar-refractivity contribution < 1.29 is 9.84 Å². The first kappa shape index (κ1) is 12.8. The van der Waals surface area contributed by atoms with Crippen LogP contribution in [0.1, 0.15) is 25.3 Å². The molecule has 1 rings (SSSR count). The average molecular weight is 218 g/mol. The summed E-state index contributed by atoms with van der Waals surface area (Å²) in [6, 6.07) is 9.95. The quantitative estimate of drug-likeness (QED) is 0.743. The van der Waals surface area contributed by atoms with Crippen molar-refractivity contribution in [3.8, 4) is 11.8 Å². The van der Waals surface area contributed by atoms with Crippen LogP contribution < -0.4 is 0 Å². The van der Waals surface area contributed by atoms with Gasteiger partial charge in [0.1, 0.15) is 0 Å². The third-order valence-corrected chi connectivity index (χ3v) is 2.20. The second-order valence-electron chi connectivity index (χ2n) is 3.62. The number of hydrogen-bond acceptors (Lipinski definition) is 2. The van der Waals surface area contributed by atoms with Crippen LogP contribution in [-0.2, 0) is 11.3 Å². The highest BCUT2D eigenvalue weighted by Gasteiger charge is 2.02. The van der Waals surface area contributed by atoms with Crippen molar-refractivity contribution in [2.45, 2.75) is 32.5 Å². The molecule has 1 unspecified atom stereocenters. The van der Waals surface area contributed by atoms with Crippen molar-refractivity contribution in [3.05, 3.63) is 35.9 Å². The van der Waals surface area contributed by atoms with Gasteiger partial charge < -0.3 is 9.84 Å². The van der Waals surface area contributed by atoms with Gasteiger partial charge in [0.2, 0.25) is 0 Å². The molecular formula is C14H18O2. The highest BCUT2D eigenvalue weighted by atomic mass is 16.5. The van der Waals surface area contributed by atoms with Crippen LogP contribution in [0.4, 0.5) is 0 Å². The van der Waals surface area contributed by atoms with Crippen LogP contribution in [-0.4, -0.2) is 17.8 Å². The summed E-state index contributed by atoms with van der Waals surface area (Å²) in [5, 5.41) is 9.56. The van der Waals surface area contributed by atoms with Crippen molar-refractivity contribution in [1.82, 2.24) is 0 Å². The summed E-state index contributed by atoms with van der Waals surface area (Å²) in [6.07, 6.45) is 0.992. The number of aliphatic hydroxyl groups excluding tert-OH is 1. The highest BCUT2D eigenvalue weighted by molar-refractivity contribution is 5.13. The molecule has 1 aromatic carbocycles. The number of ether oxygens (including phenoxy) is 1. The molecule has 1 N–H and O–H groups in total. The number of aliphatic hydroxyl groups is 1. The average Bonchev–Trinajstić information content (AvgIpc) is 2.31. The zero-order chi connectivity index (χ0) is 11.6. The summed E-state index contributed by atoms with van der Waals surface area (Å²) in [6.45, 7) is 2.73. The summed E-state index contributed by atoms with van der Waals surface area (Å²) in [7, 11) is 0. The van der Waals surface area contributed by atoms with E-state index in [4.69, 9.17) is 4.74 Å². The van der Waals surface area contributed by atoms with E-state index < -0.39 is 6.10 Å². The minimum absolute atomic E-state index is 0.375. The van der Waals surface area contributed by atoms with Gasteiger partial charge in [-0.05, 0) is 18.9 Å². The van der Waals surface area contributed by atoms with E-state index in [0.717, 1.165) is 12.0 Å². The van der Waals surface area contributed by atoms with Crippen LogP contribution in [0.15, 0.2) is 30.3 Å². The largest absolute Gasteiger partial charge is 0.391 e. The SMILES string of the molecule is CC#CCCC(O)COCc1ccccc1. The Morgan fingerprint density at radius 1 is 1.31 bits per heavy atom. The predicted molar refractivity (Wildman–Crippen MR) is 64.8 cm³/mol. The van der Waals surface area contributed by atoms with E-state index in [-0.39, 0.29) is 0 Å². The summed E-state index contributed by atoms with van der Waals surface area (Å²) in [5.74, 6) is 5.72. The molecule has 0 radical (unpaired) electrons. The van der Waals surface area contributed by atoms with Gasteiger partial charge in [-0.3, -0.25) is 0 Å². The lowest BCUT2D eigenvalue weighted by Gasteiger charge is -2.09. The standard InChI is InChI=1S/C14H18O2/c1-2-3-5-10-14(15)12-16-11-13-8-6-4-7-9-13/h4,6-9,14-15H,5,10-12H2,1H3. The molecule has 2 nitrogen and oxygen atoms in total. The summed E-state index contributed by atoms with van der Waals surface area (Å²) < 4.78 is 5.41. The Morgan fingerprint density at radius 2 is 2.06 bits per heavy atom. The minimum Gasteiger partial charge on any atom is -0.391 e. The molecule has 0 bridgehead atoms. The van der Waals surface area contributed by atoms with Crippen molar-refractivity contribution in [1.29, 1.82) is 0 Å². The molecule has 86 valence electrons. The van der Waals surface area contributed by atoms with Gasteiger partial charge in [-0.15, -0.1) is 11.8 Å². The van der Waals surface area contributed by atoms with Gasteiger partial charge in [0.25, 0.3) is 0 Å². The first-order chi connectivity index (χ1) is 7.83. The van der Waals surface area contributed by atoms with Crippen LogP contribution in [0.2, 0.25) is 0 Å². The van der Waals surface area contributed by atoms with Crippen LogP contribution in [0.3, 0.4) is 0 Å². The second kappa shape index (κ2) is 7.92. The molecule has 0 saturated heterocycles. The molecule has 1 aromatic rings. The van der Waals surface area contributed by atoms with Gasteiger partial charge in [-0.2, -0.15) is 0 Å². The highest BCUT2D eigenvalue weighted by Crippen LogP contribution is 2.02. The maximum atomic E-state index is 9.56. The maximum absolute atomic E-state index is 9.56. The van der Waals surface area contributed by atoms with Crippen molar-refractivity contribution in [2.75, 3.05) is 6.61 Å². The number of rotatable bonds is 6. The first-order valence-corrected chi connectivity index (χ1v) is 5.52.